The van der Waals surface area contributed by atoms with Gasteiger partial charge in [-0.3, -0.25) is 0 Å². The van der Waals surface area contributed by atoms with Gasteiger partial charge in [0.2, 0.25) is 5.65 Å². The molecule has 3 N–H and O–H groups in total. The number of H-pyrrole nitrogens is 2. The van der Waals surface area contributed by atoms with Crippen molar-refractivity contribution in [3.05, 3.63) is 64.6 Å². The van der Waals surface area contributed by atoms with Gasteiger partial charge in [0.15, 0.2) is 5.82 Å². The van der Waals surface area contributed by atoms with E-state index >= 15 is 0 Å². The Balaban J connectivity index is 1.52. The lowest BCUT2D eigenvalue weighted by atomic mass is 10.1. The van der Waals surface area contributed by atoms with E-state index in [0.29, 0.717) is 29.0 Å². The van der Waals surface area contributed by atoms with Crippen molar-refractivity contribution in [3.63, 3.8) is 0 Å². The zero-order valence-electron chi connectivity index (χ0n) is 15.6. The quantitative estimate of drug-likeness (QED) is 0.427. The van der Waals surface area contributed by atoms with Crippen molar-refractivity contribution in [1.29, 1.82) is 0 Å². The van der Waals surface area contributed by atoms with Crippen molar-refractivity contribution in [2.75, 3.05) is 11.9 Å². The number of rotatable bonds is 5. The van der Waals surface area contributed by atoms with Gasteiger partial charge in [-0.05, 0) is 30.7 Å². The van der Waals surface area contributed by atoms with Crippen molar-refractivity contribution in [3.8, 4) is 0 Å². The zero-order valence-corrected chi connectivity index (χ0v) is 15.6. The summed E-state index contributed by atoms with van der Waals surface area (Å²) < 4.78 is 15.0. The Morgan fingerprint density at radius 1 is 1.17 bits per heavy atom. The van der Waals surface area contributed by atoms with Crippen molar-refractivity contribution in [1.82, 2.24) is 29.5 Å². The molecule has 29 heavy (non-hydrogen) atoms. The summed E-state index contributed by atoms with van der Waals surface area (Å²) in [5.41, 5.74) is 2.68. The molecule has 3 aromatic heterocycles. The van der Waals surface area contributed by atoms with Crippen molar-refractivity contribution in [2.24, 2.45) is 0 Å². The molecule has 2 aromatic carbocycles. The highest BCUT2D eigenvalue weighted by Crippen LogP contribution is 2.23. The van der Waals surface area contributed by atoms with Gasteiger partial charge in [0, 0.05) is 18.5 Å². The molecule has 0 spiro atoms. The van der Waals surface area contributed by atoms with Gasteiger partial charge in [0.1, 0.15) is 11.6 Å². The number of aromatic amines is 2. The van der Waals surface area contributed by atoms with Crippen LogP contribution in [0.3, 0.4) is 0 Å². The zero-order chi connectivity index (χ0) is 20.0. The molecule has 0 radical (unpaired) electrons. The molecule has 146 valence electrons. The van der Waals surface area contributed by atoms with Gasteiger partial charge in [0.25, 0.3) is 0 Å². The highest BCUT2D eigenvalue weighted by molar-refractivity contribution is 5.82. The van der Waals surface area contributed by atoms with Crippen LogP contribution in [0.1, 0.15) is 25.1 Å². The van der Waals surface area contributed by atoms with Crippen molar-refractivity contribution in [2.45, 2.75) is 19.3 Å². The molecule has 0 saturated heterocycles. The number of aromatic nitrogens is 6. The molecule has 1 atom stereocenters. The van der Waals surface area contributed by atoms with E-state index < -0.39 is 11.5 Å². The van der Waals surface area contributed by atoms with Crippen LogP contribution in [0.5, 0.6) is 0 Å². The molecule has 0 amide bonds. The first-order valence-electron chi connectivity index (χ1n) is 9.39. The number of hydrogen-bond acceptors (Lipinski definition) is 5. The van der Waals surface area contributed by atoms with Crippen LogP contribution in [-0.2, 0) is 0 Å². The average Bonchev–Trinajstić information content (AvgIpc) is 3.33. The van der Waals surface area contributed by atoms with Crippen LogP contribution in [0, 0.1) is 5.82 Å². The fourth-order valence-electron chi connectivity index (χ4n) is 3.56. The SMILES string of the molecule is CCC(CNc1nc2ccc(F)cc2n2c(=O)[nH]nc12)c1nc2ccccc2[nH]1. The van der Waals surface area contributed by atoms with Gasteiger partial charge in [-0.15, -0.1) is 5.10 Å². The second-order valence-corrected chi connectivity index (χ2v) is 6.91. The maximum absolute atomic E-state index is 13.7. The van der Waals surface area contributed by atoms with E-state index in [2.05, 4.69) is 37.4 Å². The van der Waals surface area contributed by atoms with Gasteiger partial charge < -0.3 is 10.3 Å². The van der Waals surface area contributed by atoms with Crippen LogP contribution in [0.25, 0.3) is 27.7 Å². The number of imidazole rings is 1. The monoisotopic (exact) mass is 391 g/mol. The number of fused-ring (bicyclic) bond motifs is 4. The summed E-state index contributed by atoms with van der Waals surface area (Å²) in [6.07, 6.45) is 0.856. The normalized spacial score (nSPS) is 12.8. The number of anilines is 1. The third-order valence-corrected chi connectivity index (χ3v) is 5.10. The van der Waals surface area contributed by atoms with E-state index in [-0.39, 0.29) is 5.92 Å². The molecule has 1 unspecified atom stereocenters. The average molecular weight is 391 g/mol. The van der Waals surface area contributed by atoms with Crippen LogP contribution >= 0.6 is 0 Å². The van der Waals surface area contributed by atoms with Gasteiger partial charge in [-0.1, -0.05) is 19.1 Å². The summed E-state index contributed by atoms with van der Waals surface area (Å²) in [7, 11) is 0. The lowest BCUT2D eigenvalue weighted by Crippen LogP contribution is -2.16. The van der Waals surface area contributed by atoms with Gasteiger partial charge in [-0.25, -0.2) is 28.7 Å². The third-order valence-electron chi connectivity index (χ3n) is 5.10. The van der Waals surface area contributed by atoms with Crippen molar-refractivity contribution < 1.29 is 4.39 Å². The summed E-state index contributed by atoms with van der Waals surface area (Å²) in [6, 6.07) is 12.0. The lowest BCUT2D eigenvalue weighted by molar-refractivity contribution is 0.629. The summed E-state index contributed by atoms with van der Waals surface area (Å²) in [5, 5.41) is 9.77. The van der Waals surface area contributed by atoms with E-state index in [1.165, 1.54) is 16.5 Å². The molecular formula is C20H18FN7O. The molecule has 8 nitrogen and oxygen atoms in total. The smallest absolute Gasteiger partial charge is 0.348 e. The van der Waals surface area contributed by atoms with Crippen LogP contribution < -0.4 is 11.0 Å². The first-order chi connectivity index (χ1) is 14.1. The standard InChI is InChI=1S/C20H18FN7O/c1-2-11(17-23-13-5-3-4-6-14(13)24-17)10-22-18-19-26-27-20(29)28(19)16-9-12(21)7-8-15(16)25-18/h3-9,11H,2,10H2,1H3,(H,22,25)(H,23,24)(H,27,29). The highest BCUT2D eigenvalue weighted by atomic mass is 19.1. The Bertz CT molecular complexity index is 1370. The second-order valence-electron chi connectivity index (χ2n) is 6.91. The largest absolute Gasteiger partial charge is 0.366 e. The fraction of sp³-hybridized carbons (Fsp3) is 0.200. The predicted molar refractivity (Wildman–Crippen MR) is 109 cm³/mol. The number of para-hydroxylation sites is 2. The minimum Gasteiger partial charge on any atom is -0.366 e. The van der Waals surface area contributed by atoms with E-state index in [1.807, 2.05) is 24.3 Å². The Labute approximate surface area is 163 Å². The van der Waals surface area contributed by atoms with E-state index in [9.17, 15) is 9.18 Å². The molecular weight excluding hydrogens is 373 g/mol. The summed E-state index contributed by atoms with van der Waals surface area (Å²) >= 11 is 0. The number of benzene rings is 2. The number of halogens is 1. The minimum absolute atomic E-state index is 0.110. The predicted octanol–water partition coefficient (Wildman–Crippen LogP) is 3.19. The Morgan fingerprint density at radius 3 is 2.86 bits per heavy atom. The molecule has 0 aliphatic carbocycles. The molecule has 0 aliphatic heterocycles. The third kappa shape index (κ3) is 2.91. The van der Waals surface area contributed by atoms with Crippen molar-refractivity contribution >= 4 is 33.5 Å². The Kier molecular flexibility index (Phi) is 4.01. The fourth-order valence-corrected chi connectivity index (χ4v) is 3.56. The maximum Gasteiger partial charge on any atom is 0.348 e. The van der Waals surface area contributed by atoms with E-state index in [4.69, 9.17) is 0 Å². The van der Waals surface area contributed by atoms with Crippen LogP contribution in [0.4, 0.5) is 10.2 Å². The second kappa shape index (κ2) is 6.69. The topological polar surface area (TPSA) is 104 Å². The summed E-state index contributed by atoms with van der Waals surface area (Å²) in [6.45, 7) is 2.64. The summed E-state index contributed by atoms with van der Waals surface area (Å²) in [5.74, 6) is 1.01. The molecule has 0 fully saturated rings. The molecule has 5 rings (SSSR count). The maximum atomic E-state index is 13.7. The van der Waals surface area contributed by atoms with Gasteiger partial charge in [-0.2, -0.15) is 0 Å². The van der Waals surface area contributed by atoms with Gasteiger partial charge in [0.05, 0.1) is 22.1 Å². The first kappa shape index (κ1) is 17.4. The molecule has 0 bridgehead atoms. The van der Waals surface area contributed by atoms with Crippen LogP contribution in [0.2, 0.25) is 0 Å². The highest BCUT2D eigenvalue weighted by Gasteiger charge is 2.17. The molecule has 0 saturated carbocycles. The minimum atomic E-state index is -0.439. The number of hydrogen-bond donors (Lipinski definition) is 3. The number of nitrogens with zero attached hydrogens (tertiary/aromatic N) is 4. The lowest BCUT2D eigenvalue weighted by Gasteiger charge is -2.14. The van der Waals surface area contributed by atoms with E-state index in [0.717, 1.165) is 23.3 Å². The number of nitrogens with one attached hydrogen (secondary N) is 3. The van der Waals surface area contributed by atoms with Crippen LogP contribution in [-0.4, -0.2) is 36.1 Å². The summed E-state index contributed by atoms with van der Waals surface area (Å²) in [4.78, 5) is 24.8. The Hall–Kier alpha value is -3.75. The molecule has 3 heterocycles. The molecule has 9 heteroatoms. The first-order valence-corrected chi connectivity index (χ1v) is 9.39. The van der Waals surface area contributed by atoms with E-state index in [1.54, 1.807) is 6.07 Å². The van der Waals surface area contributed by atoms with Gasteiger partial charge >= 0.3 is 5.69 Å². The molecule has 0 aliphatic rings. The molecule has 5 aromatic rings. The van der Waals surface area contributed by atoms with Crippen LogP contribution in [0.15, 0.2) is 47.3 Å². The Morgan fingerprint density at radius 2 is 2.03 bits per heavy atom.